The molecule has 1 aromatic rings. The molecule has 0 amide bonds. The van der Waals surface area contributed by atoms with Crippen molar-refractivity contribution in [3.8, 4) is 0 Å². The summed E-state index contributed by atoms with van der Waals surface area (Å²) in [6.45, 7) is 3.74. The van der Waals surface area contributed by atoms with E-state index < -0.39 is 0 Å². The number of carbonyl (C=O) groups is 3. The first kappa shape index (κ1) is 15.9. The van der Waals surface area contributed by atoms with Crippen LogP contribution in [-0.2, 0) is 4.79 Å². The third kappa shape index (κ3) is 3.39. The number of benzene rings is 1. The zero-order valence-electron chi connectivity index (χ0n) is 12.3. The van der Waals surface area contributed by atoms with Crippen LogP contribution in [0.25, 0.3) is 0 Å². The van der Waals surface area contributed by atoms with Crippen LogP contribution in [0.5, 0.6) is 0 Å². The van der Waals surface area contributed by atoms with Crippen LogP contribution in [-0.4, -0.2) is 31.2 Å². The van der Waals surface area contributed by atoms with Crippen LogP contribution in [0.3, 0.4) is 0 Å². The fraction of sp³-hybridized carbons (Fsp3) is 0.353. The molecular weight excluding hydrogens is 331 g/mol. The number of carbonyl (C=O) groups excluding carboxylic acids is 3. The van der Waals surface area contributed by atoms with Crippen LogP contribution in [0, 0.1) is 0 Å². The van der Waals surface area contributed by atoms with Gasteiger partial charge < -0.3 is 0 Å². The molecule has 0 radical (unpaired) electrons. The van der Waals surface area contributed by atoms with E-state index in [2.05, 4.69) is 0 Å². The second-order valence-electron chi connectivity index (χ2n) is 5.07. The van der Waals surface area contributed by atoms with Gasteiger partial charge in [-0.25, -0.2) is 0 Å². The monoisotopic (exact) mass is 350 g/mol. The van der Waals surface area contributed by atoms with Gasteiger partial charge in [0, 0.05) is 0 Å². The summed E-state index contributed by atoms with van der Waals surface area (Å²) in [6, 6.07) is 6.90. The van der Waals surface area contributed by atoms with Gasteiger partial charge >= 0.3 is 131 Å². The Kier molecular flexibility index (Phi) is 5.27. The summed E-state index contributed by atoms with van der Waals surface area (Å²) in [5.74, 6) is -0.176. The number of Topliss-reactive ketones (excluding diaryl/α,β-unsaturated/α-hetero) is 2. The van der Waals surface area contributed by atoms with Gasteiger partial charge in [-0.05, 0) is 0 Å². The van der Waals surface area contributed by atoms with E-state index in [1.54, 1.807) is 31.2 Å². The van der Waals surface area contributed by atoms with Crippen LogP contribution in [0.2, 0.25) is 5.32 Å². The van der Waals surface area contributed by atoms with Crippen molar-refractivity contribution in [2.24, 2.45) is 0 Å². The van der Waals surface area contributed by atoms with Gasteiger partial charge in [-0.2, -0.15) is 0 Å². The fourth-order valence-corrected chi connectivity index (χ4v) is 4.25. The molecule has 2 rings (SSSR count). The summed E-state index contributed by atoms with van der Waals surface area (Å²) >= 11 is -0.256. The average molecular weight is 349 g/mol. The van der Waals surface area contributed by atoms with E-state index in [-0.39, 0.29) is 31.2 Å². The van der Waals surface area contributed by atoms with Gasteiger partial charge in [0.25, 0.3) is 0 Å². The van der Waals surface area contributed by atoms with E-state index in [1.165, 1.54) is 0 Å². The molecule has 0 bridgehead atoms. The Hall–Kier alpha value is -1.51. The van der Waals surface area contributed by atoms with Gasteiger partial charge in [-0.3, -0.25) is 0 Å². The first-order valence-corrected chi connectivity index (χ1v) is 9.16. The van der Waals surface area contributed by atoms with E-state index in [9.17, 15) is 14.4 Å². The molecule has 21 heavy (non-hydrogen) atoms. The van der Waals surface area contributed by atoms with E-state index in [1.807, 2.05) is 6.92 Å². The van der Waals surface area contributed by atoms with Gasteiger partial charge in [0.15, 0.2) is 0 Å². The number of hydrogen-bond acceptors (Lipinski definition) is 3. The molecule has 0 saturated heterocycles. The molecule has 4 heteroatoms. The second-order valence-corrected chi connectivity index (χ2v) is 7.24. The molecule has 0 N–H and O–H groups in total. The standard InChI is InChI=1S/C17H18O3Se/c1-3-4-9-15(18)21-10-14-11(2)16(19)12-7-5-6-8-13(12)17(14)20/h5-8H,3-4,9-10H2,1-2H3. The number of ketones is 2. The minimum atomic E-state index is -0.256. The van der Waals surface area contributed by atoms with Crippen molar-refractivity contribution < 1.29 is 14.4 Å². The summed E-state index contributed by atoms with van der Waals surface area (Å²) < 4.78 is 0.226. The average Bonchev–Trinajstić information content (AvgIpc) is 2.50. The number of rotatable bonds is 6. The molecule has 110 valence electrons. The van der Waals surface area contributed by atoms with Crippen molar-refractivity contribution in [3.63, 3.8) is 0 Å². The molecule has 0 aromatic heterocycles. The Morgan fingerprint density at radius 3 is 2.33 bits per heavy atom. The summed E-state index contributed by atoms with van der Waals surface area (Å²) in [5, 5.41) is 0.431. The van der Waals surface area contributed by atoms with E-state index in [0.717, 1.165) is 12.8 Å². The fourth-order valence-electron chi connectivity index (χ4n) is 2.27. The Morgan fingerprint density at radius 1 is 1.10 bits per heavy atom. The zero-order chi connectivity index (χ0) is 15.4. The van der Waals surface area contributed by atoms with Crippen molar-refractivity contribution >= 4 is 31.2 Å². The molecule has 0 spiro atoms. The van der Waals surface area contributed by atoms with Gasteiger partial charge in [-0.1, -0.05) is 0 Å². The first-order valence-electron chi connectivity index (χ1n) is 7.10. The summed E-state index contributed by atoms with van der Waals surface area (Å²) in [4.78, 5) is 36.6. The molecule has 1 aromatic carbocycles. The first-order chi connectivity index (χ1) is 10.1. The summed E-state index contributed by atoms with van der Waals surface area (Å²) in [5.41, 5.74) is 1.99. The Balaban J connectivity index is 2.17. The van der Waals surface area contributed by atoms with E-state index >= 15 is 0 Å². The number of unbranched alkanes of at least 4 members (excludes halogenated alkanes) is 1. The summed E-state index contributed by atoms with van der Waals surface area (Å²) in [6.07, 6.45) is 2.48. The topological polar surface area (TPSA) is 51.2 Å². The SMILES string of the molecule is CCCCC(=O)[Se]CC1=C(C)C(=O)c2ccccc2C1=O. The van der Waals surface area contributed by atoms with Gasteiger partial charge in [0.1, 0.15) is 0 Å². The van der Waals surface area contributed by atoms with E-state index in [0.29, 0.717) is 34.0 Å². The van der Waals surface area contributed by atoms with Gasteiger partial charge in [0.05, 0.1) is 0 Å². The van der Waals surface area contributed by atoms with Crippen molar-refractivity contribution in [1.29, 1.82) is 0 Å². The molecular formula is C17H18O3Se. The number of hydrogen-bond donors (Lipinski definition) is 0. The Bertz CT molecular complexity index is 629. The molecule has 0 saturated carbocycles. The molecule has 3 nitrogen and oxygen atoms in total. The molecule has 0 fully saturated rings. The molecule has 1 aliphatic carbocycles. The third-order valence-electron chi connectivity index (χ3n) is 3.60. The molecule has 0 aliphatic heterocycles. The van der Waals surface area contributed by atoms with E-state index in [4.69, 9.17) is 0 Å². The van der Waals surface area contributed by atoms with Crippen LogP contribution >= 0.6 is 0 Å². The second kappa shape index (κ2) is 6.97. The predicted octanol–water partition coefficient (Wildman–Crippen LogP) is 3.22. The van der Waals surface area contributed by atoms with Crippen LogP contribution in [0.4, 0.5) is 0 Å². The Labute approximate surface area is 131 Å². The maximum absolute atomic E-state index is 12.5. The van der Waals surface area contributed by atoms with Crippen molar-refractivity contribution in [2.45, 2.75) is 38.4 Å². The van der Waals surface area contributed by atoms with Crippen molar-refractivity contribution in [1.82, 2.24) is 0 Å². The van der Waals surface area contributed by atoms with Gasteiger partial charge in [-0.15, -0.1) is 0 Å². The summed E-state index contributed by atoms with van der Waals surface area (Å²) in [7, 11) is 0. The minimum absolute atomic E-state index is 0.0861. The van der Waals surface area contributed by atoms with Crippen LogP contribution in [0.1, 0.15) is 53.8 Å². The molecule has 1 aliphatic rings. The quantitative estimate of drug-likeness (QED) is 0.741. The van der Waals surface area contributed by atoms with Crippen molar-refractivity contribution in [3.05, 3.63) is 46.5 Å². The number of fused-ring (bicyclic) bond motifs is 1. The zero-order valence-corrected chi connectivity index (χ0v) is 14.0. The van der Waals surface area contributed by atoms with Crippen molar-refractivity contribution in [2.75, 3.05) is 0 Å². The van der Waals surface area contributed by atoms with Crippen LogP contribution in [0.15, 0.2) is 35.4 Å². The maximum atomic E-state index is 12.5. The number of allylic oxidation sites excluding steroid dienone is 2. The predicted molar refractivity (Wildman–Crippen MR) is 82.9 cm³/mol. The molecule has 0 unspecified atom stereocenters. The normalized spacial score (nSPS) is 14.4. The molecule has 0 atom stereocenters. The third-order valence-corrected chi connectivity index (χ3v) is 5.61. The Morgan fingerprint density at radius 2 is 1.71 bits per heavy atom. The van der Waals surface area contributed by atoms with Gasteiger partial charge in [0.2, 0.25) is 0 Å². The van der Waals surface area contributed by atoms with Crippen LogP contribution < -0.4 is 0 Å². The molecule has 0 heterocycles.